The molecule has 0 spiro atoms. The Balaban J connectivity index is 1.87. The van der Waals surface area contributed by atoms with Crippen LogP contribution in [0.3, 0.4) is 0 Å². The molecule has 3 aromatic rings. The number of rotatable bonds is 9. The van der Waals surface area contributed by atoms with Crippen molar-refractivity contribution in [2.75, 3.05) is 0 Å². The van der Waals surface area contributed by atoms with Gasteiger partial charge >= 0.3 is 0 Å². The van der Waals surface area contributed by atoms with Crippen molar-refractivity contribution in [3.8, 4) is 11.1 Å². The summed E-state index contributed by atoms with van der Waals surface area (Å²) in [4.78, 5) is 12.6. The second-order valence-electron chi connectivity index (χ2n) is 8.41. The summed E-state index contributed by atoms with van der Waals surface area (Å²) >= 11 is 0. The number of carbonyl (C=O) groups excluding carboxylic acids is 1. The molecule has 0 bridgehead atoms. The summed E-state index contributed by atoms with van der Waals surface area (Å²) in [7, 11) is 0. The normalized spacial score (nSPS) is 12.0. The number of benzene rings is 3. The average Bonchev–Trinajstić information content (AvgIpc) is 2.74. The zero-order chi connectivity index (χ0) is 21.5. The van der Waals surface area contributed by atoms with Gasteiger partial charge in [0.2, 0.25) is 0 Å². The van der Waals surface area contributed by atoms with Crippen LogP contribution < -0.4 is 0 Å². The molecule has 3 rings (SSSR count). The van der Waals surface area contributed by atoms with E-state index in [1.165, 1.54) is 47.1 Å². The van der Waals surface area contributed by atoms with Crippen molar-refractivity contribution in [1.29, 1.82) is 0 Å². The molecule has 1 nitrogen and oxygen atoms in total. The second-order valence-corrected chi connectivity index (χ2v) is 8.41. The molecular formula is C29H34O. The van der Waals surface area contributed by atoms with Gasteiger partial charge in [0.25, 0.3) is 0 Å². The SMILES string of the molecule is CCCCc1ccc(C(C(C)=O)c2ccc(-c3ccc(CCC)cc3)c(C)c2)cc1. The van der Waals surface area contributed by atoms with Gasteiger partial charge in [0, 0.05) is 0 Å². The molecule has 0 N–H and O–H groups in total. The van der Waals surface area contributed by atoms with Crippen molar-refractivity contribution < 1.29 is 4.79 Å². The van der Waals surface area contributed by atoms with Crippen LogP contribution in [0, 0.1) is 6.92 Å². The lowest BCUT2D eigenvalue weighted by Crippen LogP contribution is -2.11. The lowest BCUT2D eigenvalue weighted by Gasteiger charge is -2.18. The molecule has 1 atom stereocenters. The quantitative estimate of drug-likeness (QED) is 0.361. The number of unbranched alkanes of at least 4 members (excludes halogenated alkanes) is 1. The molecule has 156 valence electrons. The molecule has 1 unspecified atom stereocenters. The van der Waals surface area contributed by atoms with E-state index >= 15 is 0 Å². The Bertz CT molecular complexity index is 964. The van der Waals surface area contributed by atoms with Crippen LogP contribution in [0.25, 0.3) is 11.1 Å². The van der Waals surface area contributed by atoms with E-state index in [9.17, 15) is 4.79 Å². The Morgan fingerprint density at radius 3 is 1.93 bits per heavy atom. The zero-order valence-corrected chi connectivity index (χ0v) is 18.9. The van der Waals surface area contributed by atoms with Crippen molar-refractivity contribution in [3.05, 3.63) is 94.5 Å². The minimum absolute atomic E-state index is 0.187. The minimum Gasteiger partial charge on any atom is -0.299 e. The highest BCUT2D eigenvalue weighted by Gasteiger charge is 2.20. The van der Waals surface area contributed by atoms with Crippen LogP contribution in [0.15, 0.2) is 66.7 Å². The maximum Gasteiger partial charge on any atom is 0.141 e. The van der Waals surface area contributed by atoms with E-state index in [2.05, 4.69) is 87.5 Å². The lowest BCUT2D eigenvalue weighted by atomic mass is 9.85. The van der Waals surface area contributed by atoms with Crippen molar-refractivity contribution >= 4 is 5.78 Å². The van der Waals surface area contributed by atoms with Gasteiger partial charge in [0.1, 0.15) is 5.78 Å². The Morgan fingerprint density at radius 1 is 0.767 bits per heavy atom. The van der Waals surface area contributed by atoms with Crippen LogP contribution in [0.1, 0.15) is 73.8 Å². The Hall–Kier alpha value is -2.67. The molecule has 0 aliphatic rings. The first-order chi connectivity index (χ1) is 14.5. The van der Waals surface area contributed by atoms with Crippen LogP contribution in [-0.2, 0) is 17.6 Å². The van der Waals surface area contributed by atoms with Gasteiger partial charge in [0.05, 0.1) is 5.92 Å². The van der Waals surface area contributed by atoms with Crippen LogP contribution in [0.2, 0.25) is 0 Å². The first kappa shape index (κ1) is 22.0. The number of hydrogen-bond acceptors (Lipinski definition) is 1. The third-order valence-electron chi connectivity index (χ3n) is 5.93. The molecule has 0 radical (unpaired) electrons. The molecule has 1 heteroatoms. The highest BCUT2D eigenvalue weighted by molar-refractivity contribution is 5.87. The molecule has 0 heterocycles. The number of Topliss-reactive ketones (excluding diaryl/α,β-unsaturated/α-hetero) is 1. The first-order valence-corrected chi connectivity index (χ1v) is 11.3. The third-order valence-corrected chi connectivity index (χ3v) is 5.93. The van der Waals surface area contributed by atoms with Gasteiger partial charge in [-0.15, -0.1) is 0 Å². The van der Waals surface area contributed by atoms with E-state index in [1.807, 2.05) is 0 Å². The van der Waals surface area contributed by atoms with Crippen molar-refractivity contribution in [2.24, 2.45) is 0 Å². The number of hydrogen-bond donors (Lipinski definition) is 0. The summed E-state index contributed by atoms with van der Waals surface area (Å²) in [5, 5.41) is 0. The fraction of sp³-hybridized carbons (Fsp3) is 0.345. The molecule has 0 amide bonds. The number of aryl methyl sites for hydroxylation is 3. The van der Waals surface area contributed by atoms with Gasteiger partial charge in [0.15, 0.2) is 0 Å². The summed E-state index contributed by atoms with van der Waals surface area (Å²) in [6.07, 6.45) is 5.79. The molecule has 0 saturated heterocycles. The smallest absolute Gasteiger partial charge is 0.141 e. The molecule has 0 aliphatic carbocycles. The van der Waals surface area contributed by atoms with E-state index in [0.717, 1.165) is 24.0 Å². The molecular weight excluding hydrogens is 364 g/mol. The first-order valence-electron chi connectivity index (χ1n) is 11.3. The van der Waals surface area contributed by atoms with Gasteiger partial charge in [-0.1, -0.05) is 93.4 Å². The molecule has 0 fully saturated rings. The van der Waals surface area contributed by atoms with E-state index in [0.29, 0.717) is 0 Å². The van der Waals surface area contributed by atoms with Crippen molar-refractivity contribution in [1.82, 2.24) is 0 Å². The van der Waals surface area contributed by atoms with Crippen molar-refractivity contribution in [3.63, 3.8) is 0 Å². The predicted octanol–water partition coefficient (Wildman–Crippen LogP) is 7.68. The lowest BCUT2D eigenvalue weighted by molar-refractivity contribution is -0.117. The average molecular weight is 399 g/mol. The molecule has 30 heavy (non-hydrogen) atoms. The largest absolute Gasteiger partial charge is 0.299 e. The molecule has 0 saturated carbocycles. The predicted molar refractivity (Wildman–Crippen MR) is 128 cm³/mol. The van der Waals surface area contributed by atoms with E-state index in [1.54, 1.807) is 6.92 Å². The standard InChI is InChI=1S/C29H34O/c1-5-7-9-24-12-16-26(17-13-24)29(22(4)30)27-18-19-28(21(3)20-27)25-14-10-23(8-6-2)11-15-25/h10-20,29H,5-9H2,1-4H3. The van der Waals surface area contributed by atoms with E-state index in [4.69, 9.17) is 0 Å². The van der Waals surface area contributed by atoms with Crippen LogP contribution in [0.4, 0.5) is 0 Å². The molecule has 3 aromatic carbocycles. The second kappa shape index (κ2) is 10.4. The van der Waals surface area contributed by atoms with E-state index < -0.39 is 0 Å². The summed E-state index contributed by atoms with van der Waals surface area (Å²) in [5.41, 5.74) is 8.57. The summed E-state index contributed by atoms with van der Waals surface area (Å²) in [6, 6.07) is 24.0. The Kier molecular flexibility index (Phi) is 7.63. The molecule has 0 aromatic heterocycles. The highest BCUT2D eigenvalue weighted by Crippen LogP contribution is 2.31. The summed E-state index contributed by atoms with van der Waals surface area (Å²) in [5.74, 6) is -0.0164. The van der Waals surface area contributed by atoms with Crippen LogP contribution in [-0.4, -0.2) is 5.78 Å². The number of carbonyl (C=O) groups is 1. The maximum absolute atomic E-state index is 12.6. The fourth-order valence-electron chi connectivity index (χ4n) is 4.25. The van der Waals surface area contributed by atoms with Gasteiger partial charge in [-0.2, -0.15) is 0 Å². The molecule has 0 aliphatic heterocycles. The minimum atomic E-state index is -0.204. The van der Waals surface area contributed by atoms with Gasteiger partial charge < -0.3 is 0 Å². The van der Waals surface area contributed by atoms with Crippen LogP contribution >= 0.6 is 0 Å². The fourth-order valence-corrected chi connectivity index (χ4v) is 4.25. The monoisotopic (exact) mass is 398 g/mol. The van der Waals surface area contributed by atoms with Gasteiger partial charge in [-0.3, -0.25) is 4.79 Å². The maximum atomic E-state index is 12.6. The summed E-state index contributed by atoms with van der Waals surface area (Å²) in [6.45, 7) is 8.27. The zero-order valence-electron chi connectivity index (χ0n) is 18.9. The highest BCUT2D eigenvalue weighted by atomic mass is 16.1. The van der Waals surface area contributed by atoms with E-state index in [-0.39, 0.29) is 11.7 Å². The van der Waals surface area contributed by atoms with Crippen molar-refractivity contribution in [2.45, 2.75) is 65.7 Å². The Labute approximate surface area is 182 Å². The van der Waals surface area contributed by atoms with Gasteiger partial charge in [-0.25, -0.2) is 0 Å². The Morgan fingerprint density at radius 2 is 1.37 bits per heavy atom. The third kappa shape index (κ3) is 5.27. The van der Waals surface area contributed by atoms with Gasteiger partial charge in [-0.05, 0) is 72.1 Å². The topological polar surface area (TPSA) is 17.1 Å². The summed E-state index contributed by atoms with van der Waals surface area (Å²) < 4.78 is 0. The van der Waals surface area contributed by atoms with Crippen LogP contribution in [0.5, 0.6) is 0 Å². The number of ketones is 1.